The van der Waals surface area contributed by atoms with Crippen molar-refractivity contribution < 1.29 is 32.7 Å². The number of nitrogens with zero attached hydrogens (tertiary/aromatic N) is 1. The van der Waals surface area contributed by atoms with Crippen molar-refractivity contribution in [2.24, 2.45) is 10.9 Å². The maximum absolute atomic E-state index is 12.1. The van der Waals surface area contributed by atoms with E-state index in [0.717, 1.165) is 0 Å². The third kappa shape index (κ3) is 12.6. The Kier molecular flexibility index (Phi) is 11.7. The number of ether oxygens (including phenoxy) is 2. The average molecular weight is 394 g/mol. The van der Waals surface area contributed by atoms with Crippen LogP contribution in [0.4, 0.5) is 0 Å². The Labute approximate surface area is 153 Å². The number of allylic oxidation sites excluding steroid dienone is 1. The van der Waals surface area contributed by atoms with Gasteiger partial charge in [-0.2, -0.15) is 0 Å². The number of rotatable bonds is 14. The minimum atomic E-state index is -4.28. The number of nitroso groups, excluding NO2 is 1. The van der Waals surface area contributed by atoms with E-state index >= 15 is 0 Å². The van der Waals surface area contributed by atoms with Gasteiger partial charge in [-0.05, 0) is 12.8 Å². The van der Waals surface area contributed by atoms with Gasteiger partial charge in [-0.25, -0.2) is 4.57 Å². The Hall–Kier alpha value is -1.77. The number of carbonyl (C=O) groups is 2. The van der Waals surface area contributed by atoms with Crippen molar-refractivity contribution in [1.82, 2.24) is 5.32 Å². The fourth-order valence-electron chi connectivity index (χ4n) is 1.64. The molecule has 150 valence electrons. The number of amides is 1. The van der Waals surface area contributed by atoms with Crippen molar-refractivity contribution in [3.05, 3.63) is 17.2 Å². The fourth-order valence-corrected chi connectivity index (χ4v) is 2.49. The second-order valence-corrected chi connectivity index (χ2v) is 7.49. The predicted molar refractivity (Wildman–Crippen MR) is 94.1 cm³/mol. The molecule has 0 spiro atoms. The van der Waals surface area contributed by atoms with E-state index in [1.807, 2.05) is 13.8 Å². The van der Waals surface area contributed by atoms with Crippen LogP contribution in [0, 0.1) is 10.8 Å². The van der Waals surface area contributed by atoms with Crippen molar-refractivity contribution in [2.45, 2.75) is 40.2 Å². The molecule has 11 heteroatoms. The van der Waals surface area contributed by atoms with Crippen LogP contribution in [0.1, 0.15) is 34.1 Å². The van der Waals surface area contributed by atoms with Gasteiger partial charge in [0.25, 0.3) is 0 Å². The molecule has 0 aromatic heterocycles. The first-order valence-electron chi connectivity index (χ1n) is 8.04. The SMILES string of the molecule is C=C(C)OCC(COP(=O)(N=O)OCCNC(=O)CC(C)C)OC(C)=O. The molecule has 26 heavy (non-hydrogen) atoms. The van der Waals surface area contributed by atoms with Crippen LogP contribution in [-0.2, 0) is 32.7 Å². The molecule has 0 radical (unpaired) electrons. The lowest BCUT2D eigenvalue weighted by Gasteiger charge is -2.19. The fraction of sp³-hybridized carbons (Fsp3) is 0.733. The monoisotopic (exact) mass is 394 g/mol. The summed E-state index contributed by atoms with van der Waals surface area (Å²) in [5, 5.41) is 2.55. The second kappa shape index (κ2) is 12.6. The zero-order valence-corrected chi connectivity index (χ0v) is 16.5. The Morgan fingerprint density at radius 3 is 2.35 bits per heavy atom. The lowest BCUT2D eigenvalue weighted by atomic mass is 10.1. The third-order valence-electron chi connectivity index (χ3n) is 2.64. The van der Waals surface area contributed by atoms with Crippen LogP contribution in [0.15, 0.2) is 17.3 Å². The van der Waals surface area contributed by atoms with E-state index in [-0.39, 0.29) is 31.6 Å². The lowest BCUT2D eigenvalue weighted by Crippen LogP contribution is -2.28. The molecule has 0 bridgehead atoms. The van der Waals surface area contributed by atoms with Crippen molar-refractivity contribution in [1.29, 1.82) is 0 Å². The van der Waals surface area contributed by atoms with E-state index in [2.05, 4.69) is 16.8 Å². The van der Waals surface area contributed by atoms with Crippen LogP contribution in [0.3, 0.4) is 0 Å². The summed E-state index contributed by atoms with van der Waals surface area (Å²) in [6.45, 7) is 9.39. The van der Waals surface area contributed by atoms with Gasteiger partial charge >= 0.3 is 13.7 Å². The highest BCUT2D eigenvalue weighted by Crippen LogP contribution is 2.49. The molecule has 0 aliphatic rings. The van der Waals surface area contributed by atoms with Crippen molar-refractivity contribution >= 4 is 19.6 Å². The standard InChI is InChI=1S/C15H27N2O8P/c1-11(2)8-15(19)16-6-7-23-26(21,17-20)24-10-14(25-13(5)18)9-22-12(3)4/h11,14H,3,6-10H2,1-2,4-5H3,(H,16,19). The minimum Gasteiger partial charge on any atom is -0.495 e. The van der Waals surface area contributed by atoms with Crippen molar-refractivity contribution in [3.63, 3.8) is 0 Å². The highest BCUT2D eigenvalue weighted by molar-refractivity contribution is 7.52. The molecule has 0 saturated heterocycles. The smallest absolute Gasteiger partial charge is 0.489 e. The first kappa shape index (κ1) is 24.2. The van der Waals surface area contributed by atoms with Gasteiger partial charge in [0.15, 0.2) is 6.10 Å². The topological polar surface area (TPSA) is 130 Å². The van der Waals surface area contributed by atoms with Gasteiger partial charge < -0.3 is 14.8 Å². The van der Waals surface area contributed by atoms with E-state index in [4.69, 9.17) is 18.5 Å². The minimum absolute atomic E-state index is 0.0422. The van der Waals surface area contributed by atoms with E-state index in [0.29, 0.717) is 12.2 Å². The van der Waals surface area contributed by atoms with Gasteiger partial charge in [-0.15, -0.1) is 4.91 Å². The third-order valence-corrected chi connectivity index (χ3v) is 3.83. The molecular weight excluding hydrogens is 367 g/mol. The van der Waals surface area contributed by atoms with Gasteiger partial charge in [0, 0.05) is 24.8 Å². The number of nitrogens with one attached hydrogen (secondary N) is 1. The number of esters is 1. The van der Waals surface area contributed by atoms with Gasteiger partial charge in [0.2, 0.25) is 5.91 Å². The molecule has 1 N–H and O–H groups in total. The van der Waals surface area contributed by atoms with Gasteiger partial charge in [-0.1, -0.05) is 20.4 Å². The second-order valence-electron chi connectivity index (χ2n) is 5.87. The zero-order chi connectivity index (χ0) is 20.2. The highest BCUT2D eigenvalue weighted by Gasteiger charge is 2.29. The van der Waals surface area contributed by atoms with Crippen LogP contribution in [-0.4, -0.2) is 44.3 Å². The largest absolute Gasteiger partial charge is 0.495 e. The molecule has 2 atom stereocenters. The summed E-state index contributed by atoms with van der Waals surface area (Å²) in [4.78, 5) is 35.7. The molecular formula is C15H27N2O8P. The highest BCUT2D eigenvalue weighted by atomic mass is 31.2. The predicted octanol–water partition coefficient (Wildman–Crippen LogP) is 2.54. The van der Waals surface area contributed by atoms with E-state index < -0.39 is 26.4 Å². The Balaban J connectivity index is 4.41. The Morgan fingerprint density at radius 2 is 1.85 bits per heavy atom. The summed E-state index contributed by atoms with van der Waals surface area (Å²) in [7, 11) is -4.28. The Morgan fingerprint density at radius 1 is 1.19 bits per heavy atom. The van der Waals surface area contributed by atoms with Gasteiger partial charge in [-0.3, -0.25) is 18.6 Å². The summed E-state index contributed by atoms with van der Waals surface area (Å²) < 4.78 is 31.9. The molecule has 0 aromatic carbocycles. The molecule has 1 amide bonds. The first-order chi connectivity index (χ1) is 12.1. The lowest BCUT2D eigenvalue weighted by molar-refractivity contribution is -0.150. The van der Waals surface area contributed by atoms with Crippen LogP contribution in [0.5, 0.6) is 0 Å². The van der Waals surface area contributed by atoms with E-state index in [1.165, 1.54) is 6.92 Å². The van der Waals surface area contributed by atoms with Crippen molar-refractivity contribution in [2.75, 3.05) is 26.4 Å². The summed E-state index contributed by atoms with van der Waals surface area (Å²) >= 11 is 0. The van der Waals surface area contributed by atoms with Crippen LogP contribution < -0.4 is 5.32 Å². The normalized spacial score (nSPS) is 14.2. The maximum atomic E-state index is 12.1. The van der Waals surface area contributed by atoms with Gasteiger partial charge in [0.1, 0.15) is 6.61 Å². The van der Waals surface area contributed by atoms with Gasteiger partial charge in [0.05, 0.1) is 19.0 Å². The molecule has 2 unspecified atom stereocenters. The van der Waals surface area contributed by atoms with E-state index in [1.54, 1.807) is 6.92 Å². The molecule has 0 rings (SSSR count). The van der Waals surface area contributed by atoms with Crippen LogP contribution >= 0.6 is 7.75 Å². The molecule has 0 saturated carbocycles. The van der Waals surface area contributed by atoms with Crippen LogP contribution in [0.25, 0.3) is 0 Å². The zero-order valence-electron chi connectivity index (χ0n) is 15.6. The molecule has 0 heterocycles. The molecule has 0 aliphatic carbocycles. The summed E-state index contributed by atoms with van der Waals surface area (Å²) in [6.07, 6.45) is -0.582. The van der Waals surface area contributed by atoms with E-state index in [9.17, 15) is 19.1 Å². The molecule has 0 aromatic rings. The van der Waals surface area contributed by atoms with Crippen LogP contribution in [0.2, 0.25) is 0 Å². The summed E-state index contributed by atoms with van der Waals surface area (Å²) in [5.74, 6) is -0.217. The molecule has 10 nitrogen and oxygen atoms in total. The first-order valence-corrected chi connectivity index (χ1v) is 9.53. The summed E-state index contributed by atoms with van der Waals surface area (Å²) in [5.41, 5.74) is 0. The number of hydrogen-bond donors (Lipinski definition) is 1. The maximum Gasteiger partial charge on any atom is 0.489 e. The summed E-state index contributed by atoms with van der Waals surface area (Å²) in [6, 6.07) is 0. The molecule has 0 aliphatic heterocycles. The quantitative estimate of drug-likeness (QED) is 0.156. The number of hydrogen-bond acceptors (Lipinski definition) is 8. The molecule has 0 fully saturated rings. The number of carbonyl (C=O) groups excluding carboxylic acids is 2. The van der Waals surface area contributed by atoms with Crippen molar-refractivity contribution in [3.8, 4) is 0 Å². The Bertz CT molecular complexity index is 538. The average Bonchev–Trinajstić information content (AvgIpc) is 2.53.